The normalized spacial score (nSPS) is 11.8. The Balaban J connectivity index is 1.79. The van der Waals surface area contributed by atoms with Crippen molar-refractivity contribution >= 4 is 24.1 Å². The van der Waals surface area contributed by atoms with Crippen molar-refractivity contribution in [3.05, 3.63) is 48.3 Å². The quantitative estimate of drug-likeness (QED) is 0.669. The molecule has 0 N–H and O–H groups in total. The monoisotopic (exact) mass is 256 g/mol. The second-order valence-electron chi connectivity index (χ2n) is 3.54. The van der Waals surface area contributed by atoms with Crippen molar-refractivity contribution in [2.24, 2.45) is 9.98 Å². The molecule has 0 bridgehead atoms. The van der Waals surface area contributed by atoms with E-state index in [9.17, 15) is 0 Å². The number of aromatic nitrogens is 2. The molecule has 0 aliphatic carbocycles. The summed E-state index contributed by atoms with van der Waals surface area (Å²) < 4.78 is 14.5. The molecule has 7 heteroatoms. The standard InChI is InChI=1S/C12H8N4O3/c1-3-17-7-9(1)5-13-11-12(16-19-15-11)14-6-10-2-4-18-8-10/h1-8H. The molecule has 19 heavy (non-hydrogen) atoms. The maximum Gasteiger partial charge on any atom is 0.243 e. The van der Waals surface area contributed by atoms with Gasteiger partial charge < -0.3 is 8.83 Å². The Bertz CT molecular complexity index is 622. The lowest BCUT2D eigenvalue weighted by Crippen LogP contribution is -1.76. The highest BCUT2D eigenvalue weighted by Crippen LogP contribution is 2.22. The van der Waals surface area contributed by atoms with Gasteiger partial charge in [0.1, 0.15) is 0 Å². The fourth-order valence-corrected chi connectivity index (χ4v) is 1.31. The van der Waals surface area contributed by atoms with E-state index in [1.165, 1.54) is 0 Å². The van der Waals surface area contributed by atoms with E-state index >= 15 is 0 Å². The van der Waals surface area contributed by atoms with Gasteiger partial charge in [0, 0.05) is 23.6 Å². The zero-order chi connectivity index (χ0) is 12.9. The van der Waals surface area contributed by atoms with Crippen molar-refractivity contribution in [3.8, 4) is 0 Å². The van der Waals surface area contributed by atoms with E-state index in [0.29, 0.717) is 11.6 Å². The predicted octanol–water partition coefficient (Wildman–Crippen LogP) is 2.76. The van der Waals surface area contributed by atoms with Gasteiger partial charge in [0.15, 0.2) is 0 Å². The molecule has 0 saturated carbocycles. The van der Waals surface area contributed by atoms with Crippen LogP contribution in [0, 0.1) is 0 Å². The minimum atomic E-state index is 0.293. The molecular weight excluding hydrogens is 248 g/mol. The minimum absolute atomic E-state index is 0.293. The topological polar surface area (TPSA) is 89.9 Å². The molecular formula is C12H8N4O3. The molecule has 3 rings (SSSR count). The van der Waals surface area contributed by atoms with E-state index in [4.69, 9.17) is 8.83 Å². The van der Waals surface area contributed by atoms with Gasteiger partial charge in [-0.25, -0.2) is 14.6 Å². The van der Waals surface area contributed by atoms with Crippen molar-refractivity contribution in [3.63, 3.8) is 0 Å². The zero-order valence-corrected chi connectivity index (χ0v) is 9.63. The molecule has 0 aromatic carbocycles. The SMILES string of the molecule is C(=Nc1nonc1N=Cc1ccoc1)c1ccoc1. The largest absolute Gasteiger partial charge is 0.472 e. The summed E-state index contributed by atoms with van der Waals surface area (Å²) in [4.78, 5) is 8.24. The summed E-state index contributed by atoms with van der Waals surface area (Å²) in [5.41, 5.74) is 1.63. The summed E-state index contributed by atoms with van der Waals surface area (Å²) in [5.74, 6) is 0.585. The number of hydrogen-bond donors (Lipinski definition) is 0. The van der Waals surface area contributed by atoms with Gasteiger partial charge in [0.25, 0.3) is 0 Å². The van der Waals surface area contributed by atoms with Crippen LogP contribution in [0.15, 0.2) is 60.6 Å². The molecule has 0 fully saturated rings. The van der Waals surface area contributed by atoms with E-state index in [1.807, 2.05) is 0 Å². The molecule has 94 valence electrons. The summed E-state index contributed by atoms with van der Waals surface area (Å²) in [7, 11) is 0. The Hall–Kier alpha value is -2.96. The average molecular weight is 256 g/mol. The van der Waals surface area contributed by atoms with E-state index in [-0.39, 0.29) is 0 Å². The molecule has 0 aliphatic rings. The second kappa shape index (κ2) is 5.13. The number of hydrogen-bond acceptors (Lipinski definition) is 7. The molecule has 0 unspecified atom stereocenters. The Morgan fingerprint density at radius 2 is 1.37 bits per heavy atom. The zero-order valence-electron chi connectivity index (χ0n) is 9.63. The highest BCUT2D eigenvalue weighted by Gasteiger charge is 2.06. The van der Waals surface area contributed by atoms with Crippen molar-refractivity contribution in [2.45, 2.75) is 0 Å². The van der Waals surface area contributed by atoms with Gasteiger partial charge in [-0.3, -0.25) is 0 Å². The van der Waals surface area contributed by atoms with E-state index in [1.54, 1.807) is 49.6 Å². The maximum atomic E-state index is 4.92. The Morgan fingerprint density at radius 3 is 1.79 bits per heavy atom. The summed E-state index contributed by atoms with van der Waals surface area (Å²) in [6.07, 6.45) is 9.40. The van der Waals surface area contributed by atoms with Crippen molar-refractivity contribution in [1.29, 1.82) is 0 Å². The van der Waals surface area contributed by atoms with Crippen LogP contribution in [0.3, 0.4) is 0 Å². The molecule has 0 spiro atoms. The van der Waals surface area contributed by atoms with E-state index in [2.05, 4.69) is 24.9 Å². The molecule has 0 amide bonds. The lowest BCUT2D eigenvalue weighted by molar-refractivity contribution is 0.309. The molecule has 3 aromatic heterocycles. The van der Waals surface area contributed by atoms with Crippen LogP contribution in [0.25, 0.3) is 0 Å². The van der Waals surface area contributed by atoms with Gasteiger partial charge in [0.2, 0.25) is 11.6 Å². The van der Waals surface area contributed by atoms with Gasteiger partial charge in [-0.2, -0.15) is 0 Å². The van der Waals surface area contributed by atoms with Crippen LogP contribution in [-0.4, -0.2) is 22.7 Å². The summed E-state index contributed by atoms with van der Waals surface area (Å²) in [6.45, 7) is 0. The van der Waals surface area contributed by atoms with Crippen LogP contribution in [0.1, 0.15) is 11.1 Å². The van der Waals surface area contributed by atoms with Crippen molar-refractivity contribution in [1.82, 2.24) is 10.3 Å². The third-order valence-corrected chi connectivity index (χ3v) is 2.21. The predicted molar refractivity (Wildman–Crippen MR) is 66.2 cm³/mol. The number of nitrogens with zero attached hydrogens (tertiary/aromatic N) is 4. The van der Waals surface area contributed by atoms with Crippen LogP contribution in [-0.2, 0) is 0 Å². The lowest BCUT2D eigenvalue weighted by atomic mass is 10.4. The number of aliphatic imine (C=N–C) groups is 2. The third kappa shape index (κ3) is 2.65. The molecule has 3 aromatic rings. The Kier molecular flexibility index (Phi) is 3.01. The first-order valence-electron chi connectivity index (χ1n) is 5.37. The second-order valence-corrected chi connectivity index (χ2v) is 3.54. The fraction of sp³-hybridized carbons (Fsp3) is 0. The molecule has 0 aliphatic heterocycles. The average Bonchev–Trinajstić information content (AvgIpc) is 3.16. The highest BCUT2D eigenvalue weighted by molar-refractivity contribution is 5.84. The first-order chi connectivity index (χ1) is 9.42. The molecule has 7 nitrogen and oxygen atoms in total. The van der Waals surface area contributed by atoms with Gasteiger partial charge in [-0.15, -0.1) is 0 Å². The van der Waals surface area contributed by atoms with Crippen LogP contribution < -0.4 is 0 Å². The van der Waals surface area contributed by atoms with Crippen molar-refractivity contribution in [2.75, 3.05) is 0 Å². The number of rotatable bonds is 4. The van der Waals surface area contributed by atoms with Gasteiger partial charge in [-0.05, 0) is 22.4 Å². The van der Waals surface area contributed by atoms with Crippen LogP contribution in [0.2, 0.25) is 0 Å². The molecule has 0 saturated heterocycles. The van der Waals surface area contributed by atoms with E-state index in [0.717, 1.165) is 11.1 Å². The minimum Gasteiger partial charge on any atom is -0.472 e. The smallest absolute Gasteiger partial charge is 0.243 e. The van der Waals surface area contributed by atoms with Crippen LogP contribution >= 0.6 is 0 Å². The van der Waals surface area contributed by atoms with Crippen molar-refractivity contribution < 1.29 is 13.5 Å². The third-order valence-electron chi connectivity index (χ3n) is 2.21. The first kappa shape index (κ1) is 11.1. The highest BCUT2D eigenvalue weighted by atomic mass is 16.6. The van der Waals surface area contributed by atoms with Crippen LogP contribution in [0.4, 0.5) is 11.6 Å². The Labute approximate surface area is 107 Å². The number of furan rings is 2. The lowest BCUT2D eigenvalue weighted by Gasteiger charge is -1.85. The molecule has 0 radical (unpaired) electrons. The molecule has 3 heterocycles. The fourth-order valence-electron chi connectivity index (χ4n) is 1.31. The summed E-state index contributed by atoms with van der Waals surface area (Å²) in [5, 5.41) is 7.33. The van der Waals surface area contributed by atoms with Gasteiger partial charge in [0.05, 0.1) is 25.1 Å². The van der Waals surface area contributed by atoms with E-state index < -0.39 is 0 Å². The Morgan fingerprint density at radius 1 is 0.842 bits per heavy atom. The molecule has 0 atom stereocenters. The summed E-state index contributed by atoms with van der Waals surface area (Å²) in [6, 6.07) is 3.54. The van der Waals surface area contributed by atoms with Crippen LogP contribution in [0.5, 0.6) is 0 Å². The summed E-state index contributed by atoms with van der Waals surface area (Å²) >= 11 is 0. The first-order valence-corrected chi connectivity index (χ1v) is 5.37. The maximum absolute atomic E-state index is 4.92. The van der Waals surface area contributed by atoms with Gasteiger partial charge in [-0.1, -0.05) is 0 Å². The van der Waals surface area contributed by atoms with Gasteiger partial charge >= 0.3 is 0 Å².